The van der Waals surface area contributed by atoms with Gasteiger partial charge < -0.3 is 5.11 Å². The van der Waals surface area contributed by atoms with Crippen LogP contribution in [0.1, 0.15) is 24.1 Å². The average Bonchev–Trinajstić information content (AvgIpc) is 3.25. The van der Waals surface area contributed by atoms with E-state index in [9.17, 15) is 9.90 Å². The molecule has 3 aromatic rings. The molecule has 22 heavy (non-hydrogen) atoms. The number of hydrogen-bond acceptors (Lipinski definition) is 2. The summed E-state index contributed by atoms with van der Waals surface area (Å²) in [6, 6.07) is 17.8. The highest BCUT2D eigenvalue weighted by Gasteiger charge is 2.55. The lowest BCUT2D eigenvalue weighted by Gasteiger charge is -2.14. The Kier molecular flexibility index (Phi) is 2.79. The van der Waals surface area contributed by atoms with Gasteiger partial charge >= 0.3 is 5.97 Å². The van der Waals surface area contributed by atoms with Crippen LogP contribution in [0.15, 0.2) is 54.6 Å². The zero-order valence-electron chi connectivity index (χ0n) is 12.1. The highest BCUT2D eigenvalue weighted by Crippen LogP contribution is 2.50. The van der Waals surface area contributed by atoms with Crippen LogP contribution < -0.4 is 0 Å². The van der Waals surface area contributed by atoms with E-state index in [4.69, 9.17) is 0 Å². The first kappa shape index (κ1) is 13.1. The highest BCUT2D eigenvalue weighted by molar-refractivity contribution is 5.92. The van der Waals surface area contributed by atoms with E-state index in [-0.39, 0.29) is 0 Å². The maximum Gasteiger partial charge on any atom is 0.315 e. The smallest absolute Gasteiger partial charge is 0.315 e. The van der Waals surface area contributed by atoms with Crippen LogP contribution in [0.2, 0.25) is 0 Å². The predicted molar refractivity (Wildman–Crippen MR) is 83.8 cm³/mol. The van der Waals surface area contributed by atoms with E-state index in [1.165, 1.54) is 0 Å². The van der Waals surface area contributed by atoms with E-state index in [0.717, 1.165) is 22.2 Å². The Morgan fingerprint density at radius 3 is 2.45 bits per heavy atom. The van der Waals surface area contributed by atoms with Crippen LogP contribution in [0.3, 0.4) is 0 Å². The predicted octanol–water partition coefficient (Wildman–Crippen LogP) is 3.20. The van der Waals surface area contributed by atoms with E-state index >= 15 is 0 Å². The van der Waals surface area contributed by atoms with Crippen molar-refractivity contribution in [2.24, 2.45) is 0 Å². The fourth-order valence-electron chi connectivity index (χ4n) is 3.13. The van der Waals surface area contributed by atoms with Crippen LogP contribution in [0.25, 0.3) is 10.9 Å². The molecular formula is C18H16N2O2. The van der Waals surface area contributed by atoms with Crippen molar-refractivity contribution in [1.82, 2.24) is 9.78 Å². The van der Waals surface area contributed by atoms with Gasteiger partial charge in [0.15, 0.2) is 0 Å². The first-order chi connectivity index (χ1) is 10.7. The summed E-state index contributed by atoms with van der Waals surface area (Å²) in [7, 11) is 0. The van der Waals surface area contributed by atoms with Gasteiger partial charge in [0.05, 0.1) is 17.8 Å². The van der Waals surface area contributed by atoms with Gasteiger partial charge in [-0.3, -0.25) is 9.48 Å². The fourth-order valence-corrected chi connectivity index (χ4v) is 3.13. The number of nitrogens with zero attached hydrogens (tertiary/aromatic N) is 2. The number of benzene rings is 2. The number of carboxylic acids is 1. The molecule has 1 aliphatic carbocycles. The molecule has 1 N–H and O–H groups in total. The first-order valence-corrected chi connectivity index (χ1v) is 7.44. The SMILES string of the molecule is O=C(O)C1(c2c3ccccc3nn2Cc2ccccc2)CC1. The summed E-state index contributed by atoms with van der Waals surface area (Å²) in [4.78, 5) is 11.8. The van der Waals surface area contributed by atoms with Gasteiger partial charge in [0.25, 0.3) is 0 Å². The summed E-state index contributed by atoms with van der Waals surface area (Å²) in [5.74, 6) is -0.743. The van der Waals surface area contributed by atoms with Crippen LogP contribution in [-0.2, 0) is 16.8 Å². The monoisotopic (exact) mass is 292 g/mol. The topological polar surface area (TPSA) is 55.1 Å². The Labute approximate surface area is 128 Å². The zero-order chi connectivity index (χ0) is 15.2. The Morgan fingerprint density at radius 2 is 1.77 bits per heavy atom. The van der Waals surface area contributed by atoms with E-state index in [0.29, 0.717) is 19.4 Å². The van der Waals surface area contributed by atoms with E-state index in [2.05, 4.69) is 5.10 Å². The van der Waals surface area contributed by atoms with Crippen molar-refractivity contribution in [2.45, 2.75) is 24.8 Å². The molecule has 0 amide bonds. The Morgan fingerprint density at radius 1 is 1.09 bits per heavy atom. The Hall–Kier alpha value is -2.62. The van der Waals surface area contributed by atoms with E-state index in [1.54, 1.807) is 0 Å². The second-order valence-corrected chi connectivity index (χ2v) is 5.90. The molecule has 0 atom stereocenters. The molecule has 0 aliphatic heterocycles. The van der Waals surface area contributed by atoms with Crippen molar-refractivity contribution >= 4 is 16.9 Å². The number of aliphatic carboxylic acids is 1. The highest BCUT2D eigenvalue weighted by atomic mass is 16.4. The molecule has 1 aromatic heterocycles. The van der Waals surface area contributed by atoms with Crippen molar-refractivity contribution in [3.63, 3.8) is 0 Å². The van der Waals surface area contributed by atoms with Crippen molar-refractivity contribution < 1.29 is 9.90 Å². The molecule has 1 fully saturated rings. The first-order valence-electron chi connectivity index (χ1n) is 7.44. The van der Waals surface area contributed by atoms with Crippen LogP contribution in [0.4, 0.5) is 0 Å². The van der Waals surface area contributed by atoms with Gasteiger partial charge in [-0.1, -0.05) is 48.5 Å². The molecule has 2 aromatic carbocycles. The molecule has 1 saturated carbocycles. The number of hydrogen-bond donors (Lipinski definition) is 1. The second kappa shape index (κ2) is 4.70. The number of aromatic nitrogens is 2. The van der Waals surface area contributed by atoms with Gasteiger partial charge in [-0.2, -0.15) is 5.10 Å². The normalized spacial score (nSPS) is 15.8. The van der Waals surface area contributed by atoms with Crippen molar-refractivity contribution in [1.29, 1.82) is 0 Å². The molecule has 4 rings (SSSR count). The summed E-state index contributed by atoms with van der Waals surface area (Å²) in [6.45, 7) is 0.597. The summed E-state index contributed by atoms with van der Waals surface area (Å²) in [5.41, 5.74) is 2.07. The Bertz CT molecular complexity index is 848. The minimum atomic E-state index is -0.759. The van der Waals surface area contributed by atoms with Gasteiger partial charge in [-0.05, 0) is 24.5 Å². The van der Waals surface area contributed by atoms with Gasteiger partial charge in [0, 0.05) is 5.39 Å². The van der Waals surface area contributed by atoms with E-state index in [1.807, 2.05) is 59.3 Å². The third-order valence-electron chi connectivity index (χ3n) is 4.43. The number of carbonyl (C=O) groups is 1. The minimum Gasteiger partial charge on any atom is -0.481 e. The zero-order valence-corrected chi connectivity index (χ0v) is 12.1. The maximum absolute atomic E-state index is 11.8. The van der Waals surface area contributed by atoms with Gasteiger partial charge in [-0.15, -0.1) is 0 Å². The minimum absolute atomic E-state index is 0.597. The number of rotatable bonds is 4. The summed E-state index contributed by atoms with van der Waals surface area (Å²) >= 11 is 0. The summed E-state index contributed by atoms with van der Waals surface area (Å²) in [5, 5.41) is 15.3. The van der Waals surface area contributed by atoms with Crippen molar-refractivity contribution in [3.05, 3.63) is 65.9 Å². The summed E-state index contributed by atoms with van der Waals surface area (Å²) < 4.78 is 1.88. The Balaban J connectivity index is 1.89. The standard InChI is InChI=1S/C18H16N2O2/c21-17(22)18(10-11-18)16-14-8-4-5-9-15(14)19-20(16)12-13-6-2-1-3-7-13/h1-9H,10-12H2,(H,21,22). The lowest BCUT2D eigenvalue weighted by Crippen LogP contribution is -2.24. The van der Waals surface area contributed by atoms with Crippen molar-refractivity contribution in [3.8, 4) is 0 Å². The molecule has 4 heteroatoms. The van der Waals surface area contributed by atoms with Gasteiger partial charge in [0.2, 0.25) is 0 Å². The number of fused-ring (bicyclic) bond motifs is 1. The molecule has 0 saturated heterocycles. The lowest BCUT2D eigenvalue weighted by atomic mass is 9.98. The molecule has 0 bridgehead atoms. The molecule has 1 heterocycles. The van der Waals surface area contributed by atoms with Gasteiger partial charge in [0.1, 0.15) is 5.41 Å². The van der Waals surface area contributed by atoms with Crippen LogP contribution in [0.5, 0.6) is 0 Å². The molecule has 0 unspecified atom stereocenters. The largest absolute Gasteiger partial charge is 0.481 e. The molecule has 4 nitrogen and oxygen atoms in total. The van der Waals surface area contributed by atoms with Crippen molar-refractivity contribution in [2.75, 3.05) is 0 Å². The molecule has 0 spiro atoms. The number of carboxylic acid groups (broad SMARTS) is 1. The molecule has 110 valence electrons. The third-order valence-corrected chi connectivity index (χ3v) is 4.43. The van der Waals surface area contributed by atoms with E-state index < -0.39 is 11.4 Å². The maximum atomic E-state index is 11.8. The molecular weight excluding hydrogens is 276 g/mol. The summed E-state index contributed by atoms with van der Waals surface area (Å²) in [6.07, 6.45) is 1.37. The molecule has 0 radical (unpaired) electrons. The van der Waals surface area contributed by atoms with Gasteiger partial charge in [-0.25, -0.2) is 0 Å². The lowest BCUT2D eigenvalue weighted by molar-refractivity contribution is -0.140. The molecule has 1 aliphatic rings. The van der Waals surface area contributed by atoms with Crippen LogP contribution >= 0.6 is 0 Å². The average molecular weight is 292 g/mol. The quantitative estimate of drug-likeness (QED) is 0.803. The van der Waals surface area contributed by atoms with Crippen LogP contribution in [-0.4, -0.2) is 20.9 Å². The van der Waals surface area contributed by atoms with Crippen LogP contribution in [0, 0.1) is 0 Å². The third kappa shape index (κ3) is 1.91. The fraction of sp³-hybridized carbons (Fsp3) is 0.222. The second-order valence-electron chi connectivity index (χ2n) is 5.90.